The summed E-state index contributed by atoms with van der Waals surface area (Å²) in [4.78, 5) is 15.9. The maximum atomic E-state index is 12.6. The number of aromatic amines is 1. The van der Waals surface area contributed by atoms with Crippen LogP contribution in [0.4, 0.5) is 0 Å². The molecule has 0 fully saturated rings. The molecule has 1 aromatic heterocycles. The maximum absolute atomic E-state index is 12.6. The van der Waals surface area contributed by atoms with E-state index in [1.807, 2.05) is 48.5 Å². The summed E-state index contributed by atoms with van der Waals surface area (Å²) in [6.45, 7) is 0.563. The Morgan fingerprint density at radius 1 is 0.967 bits per heavy atom. The lowest BCUT2D eigenvalue weighted by Gasteiger charge is -2.18. The number of amides is 1. The van der Waals surface area contributed by atoms with Gasteiger partial charge in [0, 0.05) is 36.0 Å². The van der Waals surface area contributed by atoms with Crippen molar-refractivity contribution in [2.75, 3.05) is 13.7 Å². The van der Waals surface area contributed by atoms with Crippen LogP contribution in [0.5, 0.6) is 5.75 Å². The van der Waals surface area contributed by atoms with E-state index in [0.717, 1.165) is 16.8 Å². The molecule has 0 aliphatic rings. The first-order valence-electron chi connectivity index (χ1n) is 10.2. The van der Waals surface area contributed by atoms with Crippen molar-refractivity contribution in [1.29, 1.82) is 0 Å². The zero-order chi connectivity index (χ0) is 20.8. The molecule has 0 aliphatic carbocycles. The van der Waals surface area contributed by atoms with Crippen LogP contribution >= 0.6 is 0 Å². The van der Waals surface area contributed by atoms with Crippen LogP contribution in [0.1, 0.15) is 29.0 Å². The second-order valence-corrected chi connectivity index (χ2v) is 7.41. The van der Waals surface area contributed by atoms with Gasteiger partial charge >= 0.3 is 0 Å². The Morgan fingerprint density at radius 2 is 1.70 bits per heavy atom. The molecule has 0 saturated carbocycles. The predicted octanol–water partition coefficient (Wildman–Crippen LogP) is 5.06. The molecule has 30 heavy (non-hydrogen) atoms. The van der Waals surface area contributed by atoms with Gasteiger partial charge in [-0.05, 0) is 41.3 Å². The topological polar surface area (TPSA) is 54.1 Å². The Morgan fingerprint density at radius 3 is 2.47 bits per heavy atom. The highest BCUT2D eigenvalue weighted by Gasteiger charge is 2.18. The highest BCUT2D eigenvalue weighted by molar-refractivity contribution is 5.84. The Kier molecular flexibility index (Phi) is 6.14. The molecule has 1 unspecified atom stereocenters. The maximum Gasteiger partial charge on any atom is 0.220 e. The van der Waals surface area contributed by atoms with Gasteiger partial charge in [-0.3, -0.25) is 4.79 Å². The van der Waals surface area contributed by atoms with Gasteiger partial charge in [-0.2, -0.15) is 0 Å². The Bertz CT molecular complexity index is 1100. The van der Waals surface area contributed by atoms with Gasteiger partial charge in [0.05, 0.1) is 7.11 Å². The quantitative estimate of drug-likeness (QED) is 0.436. The molecule has 1 atom stereocenters. The second kappa shape index (κ2) is 9.31. The lowest BCUT2D eigenvalue weighted by molar-refractivity contribution is -0.121. The zero-order valence-corrected chi connectivity index (χ0v) is 17.1. The monoisotopic (exact) mass is 398 g/mol. The van der Waals surface area contributed by atoms with Crippen LogP contribution in [-0.2, 0) is 11.2 Å². The molecule has 3 aromatic carbocycles. The van der Waals surface area contributed by atoms with E-state index in [4.69, 9.17) is 4.74 Å². The molecule has 4 nitrogen and oxygen atoms in total. The highest BCUT2D eigenvalue weighted by atomic mass is 16.5. The molecule has 0 bridgehead atoms. The number of para-hydroxylation sites is 1. The van der Waals surface area contributed by atoms with Crippen molar-refractivity contribution in [3.05, 3.63) is 102 Å². The second-order valence-electron chi connectivity index (χ2n) is 7.41. The first-order chi connectivity index (χ1) is 14.7. The number of methoxy groups -OCH3 is 1. The van der Waals surface area contributed by atoms with Crippen molar-refractivity contribution in [2.24, 2.45) is 0 Å². The van der Waals surface area contributed by atoms with Crippen LogP contribution in [0, 0.1) is 0 Å². The average molecular weight is 399 g/mol. The van der Waals surface area contributed by atoms with Crippen molar-refractivity contribution in [3.63, 3.8) is 0 Å². The van der Waals surface area contributed by atoms with Gasteiger partial charge in [0.2, 0.25) is 5.91 Å². The van der Waals surface area contributed by atoms with Crippen LogP contribution in [0.2, 0.25) is 0 Å². The summed E-state index contributed by atoms with van der Waals surface area (Å²) in [5.74, 6) is 0.978. The van der Waals surface area contributed by atoms with Gasteiger partial charge in [0.15, 0.2) is 0 Å². The number of aromatic nitrogens is 1. The van der Waals surface area contributed by atoms with Crippen LogP contribution in [0.15, 0.2) is 85.1 Å². The number of fused-ring (bicyclic) bond motifs is 1. The zero-order valence-electron chi connectivity index (χ0n) is 17.1. The average Bonchev–Trinajstić information content (AvgIpc) is 3.23. The number of aryl methyl sites for hydroxylation is 1. The highest BCUT2D eigenvalue weighted by Crippen LogP contribution is 2.30. The summed E-state index contributed by atoms with van der Waals surface area (Å²) in [5.41, 5.74) is 4.63. The molecule has 4 rings (SSSR count). The number of ether oxygens (including phenoxy) is 1. The van der Waals surface area contributed by atoms with Crippen molar-refractivity contribution in [2.45, 2.75) is 18.8 Å². The van der Waals surface area contributed by atoms with Gasteiger partial charge in [-0.15, -0.1) is 0 Å². The minimum atomic E-state index is 0.0617. The lowest BCUT2D eigenvalue weighted by Crippen LogP contribution is -2.29. The smallest absolute Gasteiger partial charge is 0.220 e. The largest absolute Gasteiger partial charge is 0.497 e. The Balaban J connectivity index is 1.45. The number of H-pyrrole nitrogens is 1. The SMILES string of the molecule is COc1ccc(CCC(=O)NCC(c2ccccc2)c2c[nH]c3ccccc23)cc1. The van der Waals surface area contributed by atoms with Gasteiger partial charge in [0.1, 0.15) is 5.75 Å². The molecule has 4 heteroatoms. The van der Waals surface area contributed by atoms with Crippen molar-refractivity contribution in [1.82, 2.24) is 10.3 Å². The molecular weight excluding hydrogens is 372 g/mol. The lowest BCUT2D eigenvalue weighted by atomic mass is 9.91. The first kappa shape index (κ1) is 19.8. The van der Waals surface area contributed by atoms with E-state index in [1.165, 1.54) is 16.5 Å². The molecule has 152 valence electrons. The van der Waals surface area contributed by atoms with E-state index in [0.29, 0.717) is 19.4 Å². The van der Waals surface area contributed by atoms with E-state index in [-0.39, 0.29) is 11.8 Å². The third-order valence-corrected chi connectivity index (χ3v) is 5.50. The summed E-state index contributed by atoms with van der Waals surface area (Å²) < 4.78 is 5.19. The first-order valence-corrected chi connectivity index (χ1v) is 10.2. The minimum absolute atomic E-state index is 0.0617. The number of nitrogens with one attached hydrogen (secondary N) is 2. The molecular formula is C26H26N2O2. The van der Waals surface area contributed by atoms with E-state index in [9.17, 15) is 4.79 Å². The van der Waals surface area contributed by atoms with Gasteiger partial charge in [-0.25, -0.2) is 0 Å². The molecule has 0 radical (unpaired) electrons. The molecule has 1 amide bonds. The van der Waals surface area contributed by atoms with E-state index in [2.05, 4.69) is 46.8 Å². The van der Waals surface area contributed by atoms with Crippen molar-refractivity contribution in [3.8, 4) is 5.75 Å². The molecule has 0 spiro atoms. The Labute approximate surface area is 176 Å². The summed E-state index contributed by atoms with van der Waals surface area (Å²) in [5, 5.41) is 4.34. The standard InChI is InChI=1S/C26H26N2O2/c1-30-21-14-11-19(12-15-21)13-16-26(29)28-17-23(20-7-3-2-4-8-20)24-18-27-25-10-6-5-9-22(24)25/h2-12,14-15,18,23,27H,13,16-17H2,1H3,(H,28,29). The normalized spacial score (nSPS) is 11.9. The van der Waals surface area contributed by atoms with Crippen LogP contribution in [0.25, 0.3) is 10.9 Å². The van der Waals surface area contributed by atoms with Gasteiger partial charge in [0.25, 0.3) is 0 Å². The molecule has 4 aromatic rings. The van der Waals surface area contributed by atoms with Crippen LogP contribution < -0.4 is 10.1 Å². The third-order valence-electron chi connectivity index (χ3n) is 5.50. The Hall–Kier alpha value is -3.53. The third kappa shape index (κ3) is 4.54. The van der Waals surface area contributed by atoms with Crippen LogP contribution in [0.3, 0.4) is 0 Å². The number of carbonyl (C=O) groups is 1. The number of carbonyl (C=O) groups excluding carboxylic acids is 1. The van der Waals surface area contributed by atoms with E-state index in [1.54, 1.807) is 7.11 Å². The number of rotatable bonds is 8. The van der Waals surface area contributed by atoms with Crippen molar-refractivity contribution >= 4 is 16.8 Å². The van der Waals surface area contributed by atoms with Crippen molar-refractivity contribution < 1.29 is 9.53 Å². The number of benzene rings is 3. The van der Waals surface area contributed by atoms with Gasteiger partial charge in [-0.1, -0.05) is 60.7 Å². The van der Waals surface area contributed by atoms with Gasteiger partial charge < -0.3 is 15.0 Å². The fourth-order valence-electron chi connectivity index (χ4n) is 3.83. The number of hydrogen-bond acceptors (Lipinski definition) is 2. The number of hydrogen-bond donors (Lipinski definition) is 2. The molecule has 2 N–H and O–H groups in total. The van der Waals surface area contributed by atoms with E-state index >= 15 is 0 Å². The fraction of sp³-hybridized carbons (Fsp3) is 0.192. The summed E-state index contributed by atoms with van der Waals surface area (Å²) in [7, 11) is 1.65. The molecule has 0 aliphatic heterocycles. The molecule has 0 saturated heterocycles. The summed E-state index contributed by atoms with van der Waals surface area (Å²) in [6.07, 6.45) is 3.23. The minimum Gasteiger partial charge on any atom is -0.497 e. The fourth-order valence-corrected chi connectivity index (χ4v) is 3.83. The summed E-state index contributed by atoms with van der Waals surface area (Å²) in [6, 6.07) is 26.5. The van der Waals surface area contributed by atoms with E-state index < -0.39 is 0 Å². The summed E-state index contributed by atoms with van der Waals surface area (Å²) >= 11 is 0. The molecule has 1 heterocycles. The van der Waals surface area contributed by atoms with Crippen LogP contribution in [-0.4, -0.2) is 24.5 Å². The predicted molar refractivity (Wildman–Crippen MR) is 121 cm³/mol.